The van der Waals surface area contributed by atoms with Crippen LogP contribution in [-0.2, 0) is 9.53 Å². The number of ether oxygens (including phenoxy) is 2. The van der Waals surface area contributed by atoms with Crippen LogP contribution in [0.3, 0.4) is 0 Å². The van der Waals surface area contributed by atoms with Crippen molar-refractivity contribution in [2.24, 2.45) is 0 Å². The minimum Gasteiger partial charge on any atom is -0.497 e. The quantitative estimate of drug-likeness (QED) is 0.598. The van der Waals surface area contributed by atoms with Crippen molar-refractivity contribution in [1.29, 1.82) is 0 Å². The van der Waals surface area contributed by atoms with E-state index < -0.39 is 18.0 Å². The summed E-state index contributed by atoms with van der Waals surface area (Å²) in [5.41, 5.74) is 5.88. The van der Waals surface area contributed by atoms with Gasteiger partial charge >= 0.3 is 11.9 Å². The summed E-state index contributed by atoms with van der Waals surface area (Å²) >= 11 is 0. The highest BCUT2D eigenvalue weighted by Gasteiger charge is 2.19. The SMILES string of the molecule is COc1ccc(N)c(C(=O)OC(C)C(=O)O)c1. The second-order valence-corrected chi connectivity index (χ2v) is 3.34. The number of hydrogen-bond donors (Lipinski definition) is 2. The number of esters is 1. The number of aliphatic carboxylic acids is 1. The molecule has 0 aliphatic rings. The molecule has 6 heteroatoms. The van der Waals surface area contributed by atoms with Crippen LogP contribution in [0.5, 0.6) is 5.75 Å². The van der Waals surface area contributed by atoms with Crippen LogP contribution in [-0.4, -0.2) is 30.3 Å². The van der Waals surface area contributed by atoms with Crippen molar-refractivity contribution in [1.82, 2.24) is 0 Å². The fourth-order valence-corrected chi connectivity index (χ4v) is 1.11. The maximum atomic E-state index is 11.6. The van der Waals surface area contributed by atoms with Gasteiger partial charge in [-0.3, -0.25) is 0 Å². The van der Waals surface area contributed by atoms with Gasteiger partial charge < -0.3 is 20.3 Å². The van der Waals surface area contributed by atoms with Crippen LogP contribution >= 0.6 is 0 Å². The number of anilines is 1. The third-order valence-electron chi connectivity index (χ3n) is 2.11. The molecule has 1 atom stereocenters. The predicted molar refractivity (Wildman–Crippen MR) is 59.9 cm³/mol. The Kier molecular flexibility index (Phi) is 3.92. The lowest BCUT2D eigenvalue weighted by Gasteiger charge is -2.11. The summed E-state index contributed by atoms with van der Waals surface area (Å²) in [6.45, 7) is 1.26. The molecule has 1 aromatic carbocycles. The smallest absolute Gasteiger partial charge is 0.344 e. The van der Waals surface area contributed by atoms with Gasteiger partial charge in [-0.2, -0.15) is 0 Å². The van der Waals surface area contributed by atoms with Crippen molar-refractivity contribution in [3.05, 3.63) is 23.8 Å². The molecular formula is C11H13NO5. The van der Waals surface area contributed by atoms with Crippen LogP contribution in [0, 0.1) is 0 Å². The number of nitrogen functional groups attached to an aromatic ring is 1. The standard InChI is InChI=1S/C11H13NO5/c1-6(10(13)14)17-11(15)8-5-7(16-2)3-4-9(8)12/h3-6H,12H2,1-2H3,(H,13,14). The molecule has 92 valence electrons. The average molecular weight is 239 g/mol. The fraction of sp³-hybridized carbons (Fsp3) is 0.273. The number of carbonyl (C=O) groups excluding carboxylic acids is 1. The summed E-state index contributed by atoms with van der Waals surface area (Å²) in [6.07, 6.45) is -1.23. The van der Waals surface area contributed by atoms with E-state index in [4.69, 9.17) is 20.3 Å². The number of benzene rings is 1. The summed E-state index contributed by atoms with van der Waals surface area (Å²) in [5, 5.41) is 8.61. The molecule has 0 spiro atoms. The molecule has 0 amide bonds. The molecule has 0 aliphatic heterocycles. The Bertz CT molecular complexity index is 443. The molecule has 0 radical (unpaired) electrons. The fourth-order valence-electron chi connectivity index (χ4n) is 1.11. The number of nitrogens with two attached hydrogens (primary N) is 1. The van der Waals surface area contributed by atoms with Crippen LogP contribution in [0.15, 0.2) is 18.2 Å². The van der Waals surface area contributed by atoms with Crippen LogP contribution < -0.4 is 10.5 Å². The molecule has 0 aromatic heterocycles. The van der Waals surface area contributed by atoms with Gasteiger partial charge in [-0.25, -0.2) is 9.59 Å². The van der Waals surface area contributed by atoms with Crippen molar-refractivity contribution in [2.75, 3.05) is 12.8 Å². The van der Waals surface area contributed by atoms with E-state index in [1.165, 1.54) is 26.2 Å². The molecule has 0 saturated carbocycles. The van der Waals surface area contributed by atoms with Gasteiger partial charge in [0.2, 0.25) is 0 Å². The van der Waals surface area contributed by atoms with Gasteiger partial charge in [-0.15, -0.1) is 0 Å². The summed E-state index contributed by atoms with van der Waals surface area (Å²) in [5.74, 6) is -1.58. The van der Waals surface area contributed by atoms with Crippen molar-refractivity contribution in [3.63, 3.8) is 0 Å². The van der Waals surface area contributed by atoms with E-state index in [-0.39, 0.29) is 11.3 Å². The van der Waals surface area contributed by atoms with E-state index in [9.17, 15) is 9.59 Å². The summed E-state index contributed by atoms with van der Waals surface area (Å²) in [6, 6.07) is 4.47. The van der Waals surface area contributed by atoms with Crippen molar-refractivity contribution in [3.8, 4) is 5.75 Å². The predicted octanol–water partition coefficient (Wildman–Crippen LogP) is 0.907. The van der Waals surface area contributed by atoms with Crippen LogP contribution in [0.2, 0.25) is 0 Å². The molecule has 0 heterocycles. The molecule has 1 aromatic rings. The number of carboxylic acid groups (broad SMARTS) is 1. The van der Waals surface area contributed by atoms with E-state index in [1.54, 1.807) is 6.07 Å². The van der Waals surface area contributed by atoms with Gasteiger partial charge in [0, 0.05) is 5.69 Å². The first-order valence-corrected chi connectivity index (χ1v) is 4.83. The highest BCUT2D eigenvalue weighted by molar-refractivity contribution is 5.96. The lowest BCUT2D eigenvalue weighted by Crippen LogP contribution is -2.24. The van der Waals surface area contributed by atoms with E-state index in [0.29, 0.717) is 5.75 Å². The van der Waals surface area contributed by atoms with Gasteiger partial charge in [-0.05, 0) is 25.1 Å². The van der Waals surface area contributed by atoms with Gasteiger partial charge in [0.15, 0.2) is 6.10 Å². The minimum absolute atomic E-state index is 0.0810. The van der Waals surface area contributed by atoms with Crippen LogP contribution in [0.4, 0.5) is 5.69 Å². The first-order valence-electron chi connectivity index (χ1n) is 4.83. The van der Waals surface area contributed by atoms with Crippen molar-refractivity contribution >= 4 is 17.6 Å². The second kappa shape index (κ2) is 5.20. The Labute approximate surface area is 97.9 Å². The molecule has 1 rings (SSSR count). The lowest BCUT2D eigenvalue weighted by atomic mass is 10.1. The third kappa shape index (κ3) is 3.10. The van der Waals surface area contributed by atoms with Gasteiger partial charge in [0.05, 0.1) is 12.7 Å². The maximum absolute atomic E-state index is 11.6. The molecule has 17 heavy (non-hydrogen) atoms. The normalized spacial score (nSPS) is 11.6. The molecule has 0 aliphatic carbocycles. The third-order valence-corrected chi connectivity index (χ3v) is 2.11. The Hall–Kier alpha value is -2.24. The summed E-state index contributed by atoms with van der Waals surface area (Å²) in [4.78, 5) is 22.2. The molecule has 0 bridgehead atoms. The van der Waals surface area contributed by atoms with E-state index in [1.807, 2.05) is 0 Å². The molecule has 1 unspecified atom stereocenters. The first kappa shape index (κ1) is 12.8. The molecule has 3 N–H and O–H groups in total. The Morgan fingerprint density at radius 1 is 1.41 bits per heavy atom. The van der Waals surface area contributed by atoms with Gasteiger partial charge in [-0.1, -0.05) is 0 Å². The lowest BCUT2D eigenvalue weighted by molar-refractivity contribution is -0.146. The molecule has 0 fully saturated rings. The number of rotatable bonds is 4. The van der Waals surface area contributed by atoms with E-state index >= 15 is 0 Å². The number of carboxylic acids is 1. The monoisotopic (exact) mass is 239 g/mol. The number of carbonyl (C=O) groups is 2. The zero-order chi connectivity index (χ0) is 13.0. The van der Waals surface area contributed by atoms with Crippen LogP contribution in [0.1, 0.15) is 17.3 Å². The molecular weight excluding hydrogens is 226 g/mol. The Balaban J connectivity index is 2.91. The number of methoxy groups -OCH3 is 1. The van der Waals surface area contributed by atoms with Crippen molar-refractivity contribution in [2.45, 2.75) is 13.0 Å². The second-order valence-electron chi connectivity index (χ2n) is 3.34. The Morgan fingerprint density at radius 2 is 2.06 bits per heavy atom. The zero-order valence-corrected chi connectivity index (χ0v) is 9.47. The maximum Gasteiger partial charge on any atom is 0.344 e. The van der Waals surface area contributed by atoms with E-state index in [2.05, 4.69) is 0 Å². The average Bonchev–Trinajstić information content (AvgIpc) is 2.29. The molecule has 6 nitrogen and oxygen atoms in total. The zero-order valence-electron chi connectivity index (χ0n) is 9.47. The highest BCUT2D eigenvalue weighted by Crippen LogP contribution is 2.20. The summed E-state index contributed by atoms with van der Waals surface area (Å²) in [7, 11) is 1.44. The number of hydrogen-bond acceptors (Lipinski definition) is 5. The topological polar surface area (TPSA) is 98.9 Å². The van der Waals surface area contributed by atoms with Crippen LogP contribution in [0.25, 0.3) is 0 Å². The largest absolute Gasteiger partial charge is 0.497 e. The molecule has 0 saturated heterocycles. The first-order chi connectivity index (χ1) is 7.95. The Morgan fingerprint density at radius 3 is 2.59 bits per heavy atom. The summed E-state index contributed by atoms with van der Waals surface area (Å²) < 4.78 is 9.64. The minimum atomic E-state index is -1.23. The van der Waals surface area contributed by atoms with E-state index in [0.717, 1.165) is 0 Å². The van der Waals surface area contributed by atoms with Gasteiger partial charge in [0.25, 0.3) is 0 Å². The van der Waals surface area contributed by atoms with Gasteiger partial charge in [0.1, 0.15) is 5.75 Å². The van der Waals surface area contributed by atoms with Crippen molar-refractivity contribution < 1.29 is 24.2 Å². The highest BCUT2D eigenvalue weighted by atomic mass is 16.6.